The van der Waals surface area contributed by atoms with Gasteiger partial charge in [-0.15, -0.1) is 0 Å². The van der Waals surface area contributed by atoms with Gasteiger partial charge >= 0.3 is 0 Å². The van der Waals surface area contributed by atoms with Crippen molar-refractivity contribution in [2.24, 2.45) is 16.5 Å². The second kappa shape index (κ2) is 11.1. The number of guanidine groups is 1. The second-order valence-corrected chi connectivity index (χ2v) is 6.31. The van der Waals surface area contributed by atoms with E-state index in [2.05, 4.69) is 31.1 Å². The summed E-state index contributed by atoms with van der Waals surface area (Å²) in [5.74, 6) is 0.212. The van der Waals surface area contributed by atoms with Gasteiger partial charge in [-0.25, -0.2) is 0 Å². The Labute approximate surface area is 119 Å². The largest absolute Gasteiger partial charge is 0.370 e. The summed E-state index contributed by atoms with van der Waals surface area (Å²) in [6.45, 7) is 8.57. The van der Waals surface area contributed by atoms with Crippen LogP contribution in [0.3, 0.4) is 0 Å². The number of nitrogens with one attached hydrogen (secondary N) is 1. The fraction of sp³-hybridized carbons (Fsp3) is 0.933. The molecule has 0 rings (SSSR count). The topological polar surface area (TPSA) is 76.4 Å². The Morgan fingerprint density at radius 1 is 0.842 bits per heavy atom. The lowest BCUT2D eigenvalue weighted by atomic mass is 10.1. The lowest BCUT2D eigenvalue weighted by molar-refractivity contribution is 0.415. The summed E-state index contributed by atoms with van der Waals surface area (Å²) in [6.07, 6.45) is 10.3. The van der Waals surface area contributed by atoms with Crippen LogP contribution in [0.25, 0.3) is 0 Å². The predicted molar refractivity (Wildman–Crippen MR) is 85.4 cm³/mol. The fourth-order valence-electron chi connectivity index (χ4n) is 1.97. The van der Waals surface area contributed by atoms with E-state index >= 15 is 0 Å². The van der Waals surface area contributed by atoms with E-state index in [-0.39, 0.29) is 11.5 Å². The van der Waals surface area contributed by atoms with E-state index in [1.165, 1.54) is 44.9 Å². The maximum absolute atomic E-state index is 5.26. The summed E-state index contributed by atoms with van der Waals surface area (Å²) in [4.78, 5) is 3.98. The van der Waals surface area contributed by atoms with Gasteiger partial charge in [-0.1, -0.05) is 38.5 Å². The highest BCUT2D eigenvalue weighted by Gasteiger charge is 2.06. The van der Waals surface area contributed by atoms with Crippen molar-refractivity contribution in [2.45, 2.75) is 77.7 Å². The molecule has 0 atom stereocenters. The van der Waals surface area contributed by atoms with Crippen molar-refractivity contribution in [3.63, 3.8) is 0 Å². The van der Waals surface area contributed by atoms with E-state index in [4.69, 9.17) is 11.5 Å². The molecule has 0 heterocycles. The molecule has 0 aliphatic heterocycles. The second-order valence-electron chi connectivity index (χ2n) is 6.31. The van der Waals surface area contributed by atoms with Crippen molar-refractivity contribution in [1.82, 2.24) is 5.32 Å². The van der Waals surface area contributed by atoms with Crippen molar-refractivity contribution in [3.05, 3.63) is 0 Å². The summed E-state index contributed by atoms with van der Waals surface area (Å²) in [6, 6.07) is 0. The monoisotopic (exact) mass is 270 g/mol. The normalized spacial score (nSPS) is 11.5. The van der Waals surface area contributed by atoms with Crippen molar-refractivity contribution in [1.29, 1.82) is 0 Å². The third kappa shape index (κ3) is 17.2. The Hall–Kier alpha value is -0.770. The van der Waals surface area contributed by atoms with Crippen molar-refractivity contribution in [3.8, 4) is 0 Å². The average Bonchev–Trinajstić information content (AvgIpc) is 2.28. The zero-order valence-corrected chi connectivity index (χ0v) is 13.2. The number of unbranched alkanes of at least 4 members (excludes halogenated alkanes) is 7. The molecule has 0 aliphatic rings. The van der Waals surface area contributed by atoms with Gasteiger partial charge in [-0.3, -0.25) is 4.99 Å². The first-order valence-corrected chi connectivity index (χ1v) is 7.72. The molecule has 114 valence electrons. The van der Waals surface area contributed by atoms with Gasteiger partial charge in [-0.2, -0.15) is 0 Å². The van der Waals surface area contributed by atoms with Gasteiger partial charge in [0.1, 0.15) is 0 Å². The first-order chi connectivity index (χ1) is 8.92. The van der Waals surface area contributed by atoms with Gasteiger partial charge in [0.25, 0.3) is 0 Å². The Bertz CT molecular complexity index is 227. The minimum Gasteiger partial charge on any atom is -0.370 e. The first kappa shape index (κ1) is 18.2. The molecule has 0 amide bonds. The van der Waals surface area contributed by atoms with E-state index < -0.39 is 0 Å². The summed E-state index contributed by atoms with van der Waals surface area (Å²) < 4.78 is 0. The summed E-state index contributed by atoms with van der Waals surface area (Å²) in [7, 11) is 0. The quantitative estimate of drug-likeness (QED) is 0.307. The van der Waals surface area contributed by atoms with Gasteiger partial charge < -0.3 is 16.8 Å². The average molecular weight is 270 g/mol. The molecule has 4 nitrogen and oxygen atoms in total. The molecule has 0 bridgehead atoms. The summed E-state index contributed by atoms with van der Waals surface area (Å²) in [5, 5.41) is 3.52. The molecule has 0 saturated heterocycles. The molecule has 0 aromatic carbocycles. The number of hydrogen-bond acceptors (Lipinski definition) is 2. The van der Waals surface area contributed by atoms with Gasteiger partial charge in [0.15, 0.2) is 5.96 Å². The van der Waals surface area contributed by atoms with E-state index in [1.54, 1.807) is 0 Å². The highest BCUT2D eigenvalue weighted by molar-refractivity contribution is 5.75. The summed E-state index contributed by atoms with van der Waals surface area (Å²) in [5.41, 5.74) is 10.8. The van der Waals surface area contributed by atoms with Crippen LogP contribution >= 0.6 is 0 Å². The van der Waals surface area contributed by atoms with E-state index in [0.717, 1.165) is 19.5 Å². The molecule has 0 spiro atoms. The van der Waals surface area contributed by atoms with Crippen LogP contribution in [0, 0.1) is 0 Å². The SMILES string of the molecule is CC(C)(C)NCCCCCCCCCCN=C(N)N. The molecule has 0 fully saturated rings. The van der Waals surface area contributed by atoms with E-state index in [9.17, 15) is 0 Å². The number of nitrogens with two attached hydrogens (primary N) is 2. The number of rotatable bonds is 11. The smallest absolute Gasteiger partial charge is 0.185 e. The standard InChI is InChI=1S/C15H34N4/c1-15(2,3)19-13-11-9-7-5-4-6-8-10-12-18-14(16)17/h19H,4-13H2,1-3H3,(H4,16,17,18). The summed E-state index contributed by atoms with van der Waals surface area (Å²) >= 11 is 0. The minimum atomic E-state index is 0.212. The van der Waals surface area contributed by atoms with Crippen molar-refractivity contribution < 1.29 is 0 Å². The molecular weight excluding hydrogens is 236 g/mol. The molecule has 0 aromatic rings. The maximum Gasteiger partial charge on any atom is 0.185 e. The lowest BCUT2D eigenvalue weighted by Crippen LogP contribution is -2.36. The van der Waals surface area contributed by atoms with Gasteiger partial charge in [0, 0.05) is 12.1 Å². The molecule has 0 radical (unpaired) electrons. The maximum atomic E-state index is 5.26. The Balaban J connectivity index is 3.09. The van der Waals surface area contributed by atoms with Crippen LogP contribution in [0.5, 0.6) is 0 Å². The Kier molecular flexibility index (Phi) is 10.6. The highest BCUT2D eigenvalue weighted by atomic mass is 15.0. The van der Waals surface area contributed by atoms with Crippen LogP contribution in [0.15, 0.2) is 4.99 Å². The zero-order valence-electron chi connectivity index (χ0n) is 13.2. The molecule has 19 heavy (non-hydrogen) atoms. The zero-order chi connectivity index (χ0) is 14.6. The fourth-order valence-corrected chi connectivity index (χ4v) is 1.97. The van der Waals surface area contributed by atoms with Crippen LogP contribution in [-0.2, 0) is 0 Å². The third-order valence-corrected chi connectivity index (χ3v) is 3.03. The van der Waals surface area contributed by atoms with Crippen LogP contribution in [0.4, 0.5) is 0 Å². The van der Waals surface area contributed by atoms with E-state index in [0.29, 0.717) is 0 Å². The predicted octanol–water partition coefficient (Wildman–Crippen LogP) is 2.77. The number of aliphatic imine (C=N–C) groups is 1. The van der Waals surface area contributed by atoms with Crippen LogP contribution < -0.4 is 16.8 Å². The third-order valence-electron chi connectivity index (χ3n) is 3.03. The van der Waals surface area contributed by atoms with Crippen LogP contribution in [-0.4, -0.2) is 24.6 Å². The van der Waals surface area contributed by atoms with Crippen LogP contribution in [0.1, 0.15) is 72.1 Å². The van der Waals surface area contributed by atoms with Gasteiger partial charge in [0.05, 0.1) is 0 Å². The molecule has 4 heteroatoms. The Morgan fingerprint density at radius 2 is 1.32 bits per heavy atom. The lowest BCUT2D eigenvalue weighted by Gasteiger charge is -2.20. The molecule has 0 aliphatic carbocycles. The minimum absolute atomic E-state index is 0.212. The first-order valence-electron chi connectivity index (χ1n) is 7.72. The van der Waals surface area contributed by atoms with Gasteiger partial charge in [0.2, 0.25) is 0 Å². The number of nitrogens with zero attached hydrogens (tertiary/aromatic N) is 1. The molecular formula is C15H34N4. The van der Waals surface area contributed by atoms with Crippen molar-refractivity contribution >= 4 is 5.96 Å². The molecule has 5 N–H and O–H groups in total. The van der Waals surface area contributed by atoms with Gasteiger partial charge in [-0.05, 0) is 40.2 Å². The molecule has 0 saturated carbocycles. The molecule has 0 unspecified atom stereocenters. The number of hydrogen-bond donors (Lipinski definition) is 3. The highest BCUT2D eigenvalue weighted by Crippen LogP contribution is 2.09. The van der Waals surface area contributed by atoms with E-state index in [1.807, 2.05) is 0 Å². The Morgan fingerprint density at radius 3 is 1.79 bits per heavy atom. The van der Waals surface area contributed by atoms with Crippen molar-refractivity contribution in [2.75, 3.05) is 13.1 Å². The molecule has 0 aromatic heterocycles. The van der Waals surface area contributed by atoms with Crippen LogP contribution in [0.2, 0.25) is 0 Å².